The van der Waals surface area contributed by atoms with Crippen LogP contribution in [0.15, 0.2) is 36.0 Å². The smallest absolute Gasteiger partial charge is 0.132 e. The van der Waals surface area contributed by atoms with Gasteiger partial charge in [0.15, 0.2) is 0 Å². The molecule has 6 heteroatoms. The Bertz CT molecular complexity index is 747. The van der Waals surface area contributed by atoms with E-state index in [1.165, 1.54) is 0 Å². The molecule has 1 heterocycles. The number of allylic oxidation sites excluding steroid dienone is 1. The molecule has 25 heavy (non-hydrogen) atoms. The van der Waals surface area contributed by atoms with Gasteiger partial charge in [-0.1, -0.05) is 13.0 Å². The molecule has 0 saturated heterocycles. The van der Waals surface area contributed by atoms with Gasteiger partial charge < -0.3 is 25.7 Å². The minimum atomic E-state index is 0.461. The summed E-state index contributed by atoms with van der Waals surface area (Å²) in [7, 11) is 4.87. The van der Waals surface area contributed by atoms with E-state index in [1.807, 2.05) is 37.3 Å². The van der Waals surface area contributed by atoms with Crippen LogP contribution in [0, 0.1) is 0 Å². The lowest BCUT2D eigenvalue weighted by molar-refractivity contribution is 0.184. The molecule has 1 aromatic heterocycles. The zero-order chi connectivity index (χ0) is 18.4. The molecule has 0 amide bonds. The number of pyridine rings is 1. The fraction of sp³-hybridized carbons (Fsp3) is 0.316. The van der Waals surface area contributed by atoms with Gasteiger partial charge in [0, 0.05) is 12.8 Å². The van der Waals surface area contributed by atoms with E-state index in [0.717, 1.165) is 11.1 Å². The number of hydrogen-bond acceptors (Lipinski definition) is 6. The van der Waals surface area contributed by atoms with Gasteiger partial charge in [-0.25, -0.2) is 4.98 Å². The lowest BCUT2D eigenvalue weighted by Gasteiger charge is -2.16. The highest BCUT2D eigenvalue weighted by molar-refractivity contribution is 5.76. The summed E-state index contributed by atoms with van der Waals surface area (Å²) in [5.74, 6) is 1.31. The Morgan fingerprint density at radius 2 is 1.68 bits per heavy atom. The Labute approximate surface area is 148 Å². The van der Waals surface area contributed by atoms with Gasteiger partial charge in [0.1, 0.15) is 11.5 Å². The van der Waals surface area contributed by atoms with Crippen molar-refractivity contribution < 1.29 is 14.2 Å². The normalized spacial score (nSPS) is 11.8. The summed E-state index contributed by atoms with van der Waals surface area (Å²) >= 11 is 0. The van der Waals surface area contributed by atoms with Crippen molar-refractivity contribution in [1.82, 2.24) is 4.98 Å². The highest BCUT2D eigenvalue weighted by Gasteiger charge is 2.17. The summed E-state index contributed by atoms with van der Waals surface area (Å²) < 4.78 is 16.3. The molecular weight excluding hydrogens is 318 g/mol. The Kier molecular flexibility index (Phi) is 6.25. The first-order chi connectivity index (χ1) is 12.0. The van der Waals surface area contributed by atoms with Crippen LogP contribution >= 0.6 is 0 Å². The van der Waals surface area contributed by atoms with E-state index in [0.29, 0.717) is 47.3 Å². The minimum Gasteiger partial charge on any atom is -0.496 e. The van der Waals surface area contributed by atoms with Gasteiger partial charge in [0.05, 0.1) is 43.5 Å². The van der Waals surface area contributed by atoms with Crippen LogP contribution in [0.1, 0.15) is 24.6 Å². The number of benzene rings is 1. The number of ether oxygens (including phenoxy) is 3. The third-order valence-corrected chi connectivity index (χ3v) is 3.88. The number of hydrogen-bond donors (Lipinski definition) is 2. The summed E-state index contributed by atoms with van der Waals surface area (Å²) in [4.78, 5) is 4.65. The summed E-state index contributed by atoms with van der Waals surface area (Å²) in [6.45, 7) is 2.41. The summed E-state index contributed by atoms with van der Waals surface area (Å²) in [6, 6.07) is 9.43. The molecule has 6 nitrogen and oxygen atoms in total. The van der Waals surface area contributed by atoms with Gasteiger partial charge in [-0.15, -0.1) is 0 Å². The largest absolute Gasteiger partial charge is 0.496 e. The van der Waals surface area contributed by atoms with Gasteiger partial charge in [-0.2, -0.15) is 0 Å². The van der Waals surface area contributed by atoms with Crippen LogP contribution in [0.2, 0.25) is 0 Å². The highest BCUT2D eigenvalue weighted by Crippen LogP contribution is 2.39. The molecule has 0 aliphatic heterocycles. The fourth-order valence-corrected chi connectivity index (χ4v) is 2.55. The standard InChI is InChI=1S/C19H25N3O3/c1-5-13(20)19(21)15-8-6-7-14(22-15)18-16(24-3)9-12(11-23-2)10-17(18)25-4/h6-10H,5,11,20-21H2,1-4H3. The van der Waals surface area contributed by atoms with Crippen molar-refractivity contribution in [3.63, 3.8) is 0 Å². The second kappa shape index (κ2) is 8.39. The maximum absolute atomic E-state index is 6.11. The number of nitrogens with two attached hydrogens (primary N) is 2. The molecule has 0 unspecified atom stereocenters. The molecule has 0 aliphatic carbocycles. The average Bonchev–Trinajstić information content (AvgIpc) is 2.66. The quantitative estimate of drug-likeness (QED) is 0.803. The minimum absolute atomic E-state index is 0.461. The Hall–Kier alpha value is -2.73. The molecule has 0 atom stereocenters. The number of rotatable bonds is 7. The monoisotopic (exact) mass is 343 g/mol. The molecule has 2 aromatic rings. The molecule has 1 aromatic carbocycles. The second-order valence-corrected chi connectivity index (χ2v) is 5.51. The predicted molar refractivity (Wildman–Crippen MR) is 99.1 cm³/mol. The van der Waals surface area contributed by atoms with Crippen molar-refractivity contribution >= 4 is 5.70 Å². The number of methoxy groups -OCH3 is 3. The van der Waals surface area contributed by atoms with Crippen LogP contribution < -0.4 is 20.9 Å². The van der Waals surface area contributed by atoms with Crippen LogP contribution in [-0.4, -0.2) is 26.3 Å². The van der Waals surface area contributed by atoms with Gasteiger partial charge in [-0.3, -0.25) is 0 Å². The van der Waals surface area contributed by atoms with Crippen LogP contribution in [0.3, 0.4) is 0 Å². The van der Waals surface area contributed by atoms with Gasteiger partial charge >= 0.3 is 0 Å². The van der Waals surface area contributed by atoms with E-state index in [9.17, 15) is 0 Å². The van der Waals surface area contributed by atoms with Crippen molar-refractivity contribution in [2.45, 2.75) is 20.0 Å². The fourth-order valence-electron chi connectivity index (χ4n) is 2.55. The van der Waals surface area contributed by atoms with Crippen LogP contribution in [0.5, 0.6) is 11.5 Å². The number of nitrogens with zero attached hydrogens (tertiary/aromatic N) is 1. The van der Waals surface area contributed by atoms with Gasteiger partial charge in [0.25, 0.3) is 0 Å². The molecule has 0 saturated carbocycles. The molecule has 2 rings (SSSR count). The molecule has 134 valence electrons. The summed E-state index contributed by atoms with van der Waals surface area (Å²) in [5.41, 5.74) is 16.2. The summed E-state index contributed by atoms with van der Waals surface area (Å²) in [5, 5.41) is 0. The molecular formula is C19H25N3O3. The van der Waals surface area contributed by atoms with E-state index in [2.05, 4.69) is 4.98 Å². The third-order valence-electron chi connectivity index (χ3n) is 3.88. The lowest BCUT2D eigenvalue weighted by atomic mass is 10.0. The van der Waals surface area contributed by atoms with Crippen molar-refractivity contribution in [3.8, 4) is 22.8 Å². The van der Waals surface area contributed by atoms with Crippen molar-refractivity contribution in [2.24, 2.45) is 11.5 Å². The van der Waals surface area contributed by atoms with E-state index in [4.69, 9.17) is 25.7 Å². The first-order valence-corrected chi connectivity index (χ1v) is 8.01. The molecule has 0 bridgehead atoms. The van der Waals surface area contributed by atoms with E-state index < -0.39 is 0 Å². The Morgan fingerprint density at radius 3 is 2.20 bits per heavy atom. The zero-order valence-corrected chi connectivity index (χ0v) is 15.1. The molecule has 0 radical (unpaired) electrons. The van der Waals surface area contributed by atoms with Crippen molar-refractivity contribution in [3.05, 3.63) is 47.3 Å². The van der Waals surface area contributed by atoms with Gasteiger partial charge in [-0.05, 0) is 36.2 Å². The second-order valence-electron chi connectivity index (χ2n) is 5.51. The Morgan fingerprint density at radius 1 is 1.04 bits per heavy atom. The SMILES string of the molecule is CCC(N)=C(N)c1cccc(-c2c(OC)cc(COC)cc2OC)n1. The predicted octanol–water partition coefficient (Wildman–Crippen LogP) is 2.91. The topological polar surface area (TPSA) is 92.6 Å². The van der Waals surface area contributed by atoms with Gasteiger partial charge in [0.2, 0.25) is 0 Å². The lowest BCUT2D eigenvalue weighted by Crippen LogP contribution is -2.09. The van der Waals surface area contributed by atoms with E-state index >= 15 is 0 Å². The third kappa shape index (κ3) is 4.03. The van der Waals surface area contributed by atoms with Crippen molar-refractivity contribution in [1.29, 1.82) is 0 Å². The molecule has 0 spiro atoms. The first kappa shape index (κ1) is 18.6. The first-order valence-electron chi connectivity index (χ1n) is 8.01. The number of aromatic nitrogens is 1. The average molecular weight is 343 g/mol. The Balaban J connectivity index is 2.62. The highest BCUT2D eigenvalue weighted by atomic mass is 16.5. The van der Waals surface area contributed by atoms with E-state index in [-0.39, 0.29) is 0 Å². The summed E-state index contributed by atoms with van der Waals surface area (Å²) in [6.07, 6.45) is 0.663. The molecule has 4 N–H and O–H groups in total. The van der Waals surface area contributed by atoms with E-state index in [1.54, 1.807) is 21.3 Å². The maximum atomic E-state index is 6.11. The van der Waals surface area contributed by atoms with Crippen LogP contribution in [0.25, 0.3) is 17.0 Å². The van der Waals surface area contributed by atoms with Crippen molar-refractivity contribution in [2.75, 3.05) is 21.3 Å². The zero-order valence-electron chi connectivity index (χ0n) is 15.1. The van der Waals surface area contributed by atoms with Crippen LogP contribution in [-0.2, 0) is 11.3 Å². The molecule has 0 fully saturated rings. The molecule has 0 aliphatic rings. The van der Waals surface area contributed by atoms with Crippen LogP contribution in [0.4, 0.5) is 0 Å². The maximum Gasteiger partial charge on any atom is 0.132 e.